The second-order valence-electron chi connectivity index (χ2n) is 8.04. The first-order chi connectivity index (χ1) is 15.0. The molecule has 0 saturated heterocycles. The monoisotopic (exact) mass is 420 g/mol. The lowest BCUT2D eigenvalue weighted by atomic mass is 9.91. The number of ether oxygens (including phenoxy) is 1. The Morgan fingerprint density at radius 3 is 2.55 bits per heavy atom. The maximum absolute atomic E-state index is 13.0. The van der Waals surface area contributed by atoms with Crippen LogP contribution in [0.15, 0.2) is 53.5 Å². The van der Waals surface area contributed by atoms with Crippen molar-refractivity contribution in [2.24, 2.45) is 10.9 Å². The summed E-state index contributed by atoms with van der Waals surface area (Å²) in [4.78, 5) is 34.6. The number of nitrogens with zero attached hydrogens (tertiary/aromatic N) is 3. The zero-order chi connectivity index (χ0) is 22.0. The molecule has 2 aromatic carbocycles. The summed E-state index contributed by atoms with van der Waals surface area (Å²) in [6.07, 6.45) is 0.883. The number of guanidine groups is 1. The summed E-state index contributed by atoms with van der Waals surface area (Å²) in [5.74, 6) is -1.41. The van der Waals surface area contributed by atoms with E-state index in [0.29, 0.717) is 12.5 Å². The van der Waals surface area contributed by atoms with Crippen molar-refractivity contribution >= 4 is 23.5 Å². The third kappa shape index (κ3) is 4.26. The molecule has 2 aromatic rings. The van der Waals surface area contributed by atoms with Crippen molar-refractivity contribution in [3.63, 3.8) is 0 Å². The minimum absolute atomic E-state index is 0.217. The number of carbonyl (C=O) groups excluding carboxylic acids is 2. The predicted octanol–water partition coefficient (Wildman–Crippen LogP) is 2.52. The summed E-state index contributed by atoms with van der Waals surface area (Å²) in [6, 6.07) is 15.5. The van der Waals surface area contributed by atoms with Crippen molar-refractivity contribution in [1.29, 1.82) is 0 Å². The molecular formula is C24H28N4O3. The first-order valence-corrected chi connectivity index (χ1v) is 10.6. The molecule has 0 bridgehead atoms. The van der Waals surface area contributed by atoms with E-state index in [-0.39, 0.29) is 12.5 Å². The number of hydrogen-bond donors (Lipinski definition) is 1. The number of anilines is 1. The van der Waals surface area contributed by atoms with Gasteiger partial charge in [0, 0.05) is 32.9 Å². The first-order valence-electron chi connectivity index (χ1n) is 10.6. The van der Waals surface area contributed by atoms with Crippen molar-refractivity contribution in [3.8, 4) is 0 Å². The van der Waals surface area contributed by atoms with Gasteiger partial charge in [-0.3, -0.25) is 14.9 Å². The highest BCUT2D eigenvalue weighted by Crippen LogP contribution is 2.32. The van der Waals surface area contributed by atoms with Crippen LogP contribution in [0.5, 0.6) is 0 Å². The minimum atomic E-state index is -1.01. The van der Waals surface area contributed by atoms with Gasteiger partial charge < -0.3 is 14.5 Å². The third-order valence-corrected chi connectivity index (χ3v) is 5.82. The van der Waals surface area contributed by atoms with Gasteiger partial charge in [0.2, 0.25) is 11.9 Å². The van der Waals surface area contributed by atoms with Gasteiger partial charge in [-0.25, -0.2) is 4.99 Å². The molecule has 0 fully saturated rings. The Kier molecular flexibility index (Phi) is 5.93. The highest BCUT2D eigenvalue weighted by Gasteiger charge is 2.42. The molecule has 0 unspecified atom stereocenters. The average molecular weight is 421 g/mol. The van der Waals surface area contributed by atoms with Crippen LogP contribution in [-0.4, -0.2) is 50.0 Å². The lowest BCUT2D eigenvalue weighted by Crippen LogP contribution is -2.53. The Morgan fingerprint density at radius 2 is 1.87 bits per heavy atom. The average Bonchev–Trinajstić information content (AvgIpc) is 2.78. The Bertz CT molecular complexity index is 1000. The number of nitrogens with one attached hydrogen (secondary N) is 1. The fourth-order valence-electron chi connectivity index (χ4n) is 4.11. The second-order valence-corrected chi connectivity index (χ2v) is 8.04. The van der Waals surface area contributed by atoms with Crippen LogP contribution in [0.3, 0.4) is 0 Å². The number of esters is 1. The Hall–Kier alpha value is -3.35. The molecule has 1 N–H and O–H groups in total. The van der Waals surface area contributed by atoms with Gasteiger partial charge in [0.25, 0.3) is 0 Å². The molecule has 0 aliphatic carbocycles. The fourth-order valence-corrected chi connectivity index (χ4v) is 4.11. The fraction of sp³-hybridized carbons (Fsp3) is 0.375. The summed E-state index contributed by atoms with van der Waals surface area (Å²) in [6.45, 7) is 3.38. The van der Waals surface area contributed by atoms with Crippen molar-refractivity contribution < 1.29 is 14.3 Å². The van der Waals surface area contributed by atoms with Gasteiger partial charge in [-0.1, -0.05) is 36.4 Å². The molecule has 7 heteroatoms. The van der Waals surface area contributed by atoms with E-state index in [1.807, 2.05) is 55.4 Å². The maximum Gasteiger partial charge on any atom is 0.321 e. The molecule has 2 aliphatic heterocycles. The lowest BCUT2D eigenvalue weighted by Gasteiger charge is -2.36. The topological polar surface area (TPSA) is 74.2 Å². The van der Waals surface area contributed by atoms with E-state index in [9.17, 15) is 9.59 Å². The zero-order valence-corrected chi connectivity index (χ0v) is 18.2. The van der Waals surface area contributed by atoms with Crippen LogP contribution in [0.2, 0.25) is 0 Å². The van der Waals surface area contributed by atoms with Crippen molar-refractivity contribution in [2.75, 3.05) is 32.1 Å². The standard InChI is InChI=1S/C24H28N4O3/c1-4-31-23(30)20-21(17-9-11-19(12-10-17)27(2)3)25-24(26-22(20)29)28-14-13-16-7-5-6-8-18(16)15-28/h5-12,20-21H,4,13-15H2,1-3H3,(H,25,26,29)/t20-,21-/m1/s1. The van der Waals surface area contributed by atoms with Gasteiger partial charge >= 0.3 is 5.97 Å². The van der Waals surface area contributed by atoms with E-state index in [2.05, 4.69) is 22.3 Å². The van der Waals surface area contributed by atoms with Crippen LogP contribution in [0.4, 0.5) is 5.69 Å². The molecule has 2 aliphatic rings. The summed E-state index contributed by atoms with van der Waals surface area (Å²) in [7, 11) is 3.93. The van der Waals surface area contributed by atoms with E-state index in [4.69, 9.17) is 9.73 Å². The molecule has 2 atom stereocenters. The minimum Gasteiger partial charge on any atom is -0.465 e. The van der Waals surface area contributed by atoms with Crippen molar-refractivity contribution in [3.05, 3.63) is 65.2 Å². The Balaban J connectivity index is 1.68. The van der Waals surface area contributed by atoms with Gasteiger partial charge in [-0.05, 0) is 42.2 Å². The van der Waals surface area contributed by atoms with Crippen molar-refractivity contribution in [2.45, 2.75) is 25.9 Å². The van der Waals surface area contributed by atoms with Gasteiger partial charge in [0.05, 0.1) is 6.61 Å². The van der Waals surface area contributed by atoms with Crippen LogP contribution in [0, 0.1) is 5.92 Å². The number of amides is 1. The largest absolute Gasteiger partial charge is 0.465 e. The van der Waals surface area contributed by atoms with Crippen LogP contribution in [0.25, 0.3) is 0 Å². The summed E-state index contributed by atoms with van der Waals surface area (Å²) >= 11 is 0. The normalized spacial score (nSPS) is 20.4. The van der Waals surface area contributed by atoms with Gasteiger partial charge in [-0.2, -0.15) is 0 Å². The molecule has 0 radical (unpaired) electrons. The number of aliphatic imine (C=N–C) groups is 1. The molecule has 162 valence electrons. The molecular weight excluding hydrogens is 392 g/mol. The molecule has 7 nitrogen and oxygen atoms in total. The molecule has 31 heavy (non-hydrogen) atoms. The van der Waals surface area contributed by atoms with Crippen LogP contribution in [0.1, 0.15) is 29.7 Å². The molecule has 0 saturated carbocycles. The summed E-state index contributed by atoms with van der Waals surface area (Å²) in [5, 5.41) is 2.86. The number of carbonyl (C=O) groups is 2. The first kappa shape index (κ1) is 20.9. The molecule has 2 heterocycles. The highest BCUT2D eigenvalue weighted by atomic mass is 16.5. The predicted molar refractivity (Wildman–Crippen MR) is 120 cm³/mol. The van der Waals surface area contributed by atoms with E-state index < -0.39 is 17.9 Å². The van der Waals surface area contributed by atoms with Crippen LogP contribution < -0.4 is 10.2 Å². The smallest absolute Gasteiger partial charge is 0.321 e. The number of benzene rings is 2. The molecule has 0 spiro atoms. The van der Waals surface area contributed by atoms with Gasteiger partial charge in [0.15, 0.2) is 5.92 Å². The van der Waals surface area contributed by atoms with E-state index in [1.54, 1.807) is 6.92 Å². The summed E-state index contributed by atoms with van der Waals surface area (Å²) < 4.78 is 5.20. The number of hydrogen-bond acceptors (Lipinski definition) is 6. The van der Waals surface area contributed by atoms with E-state index >= 15 is 0 Å². The number of rotatable bonds is 4. The maximum atomic E-state index is 13.0. The highest BCUT2D eigenvalue weighted by molar-refractivity contribution is 6.08. The quantitative estimate of drug-likeness (QED) is 0.608. The van der Waals surface area contributed by atoms with Crippen LogP contribution >= 0.6 is 0 Å². The molecule has 4 rings (SSSR count). The zero-order valence-electron chi connectivity index (χ0n) is 18.2. The lowest BCUT2D eigenvalue weighted by molar-refractivity contribution is -0.153. The summed E-state index contributed by atoms with van der Waals surface area (Å²) in [5.41, 5.74) is 4.40. The SMILES string of the molecule is CCOC(=O)[C@H]1C(=O)NC(N2CCc3ccccc3C2)=N[C@@H]1c1ccc(N(C)C)cc1. The number of fused-ring (bicyclic) bond motifs is 1. The Morgan fingerprint density at radius 1 is 1.16 bits per heavy atom. The Labute approximate surface area is 182 Å². The van der Waals surface area contributed by atoms with Gasteiger partial charge in [-0.15, -0.1) is 0 Å². The van der Waals surface area contributed by atoms with E-state index in [1.165, 1.54) is 11.1 Å². The van der Waals surface area contributed by atoms with Gasteiger partial charge in [0.1, 0.15) is 6.04 Å². The van der Waals surface area contributed by atoms with Crippen LogP contribution in [-0.2, 0) is 27.3 Å². The third-order valence-electron chi connectivity index (χ3n) is 5.82. The second kappa shape index (κ2) is 8.79. The molecule has 1 amide bonds. The van der Waals surface area contributed by atoms with Crippen molar-refractivity contribution in [1.82, 2.24) is 10.2 Å². The molecule has 0 aromatic heterocycles. The van der Waals surface area contributed by atoms with E-state index in [0.717, 1.165) is 24.2 Å².